The molecule has 2 rings (SSSR count). The van der Waals surface area contributed by atoms with Crippen molar-refractivity contribution < 1.29 is 29.9 Å². The maximum Gasteiger partial charge on any atom is 0.228 e. The summed E-state index contributed by atoms with van der Waals surface area (Å²) in [4.78, 5) is 0. The van der Waals surface area contributed by atoms with E-state index in [1.54, 1.807) is 0 Å². The number of phenols is 1. The molecule has 1 aromatic carbocycles. The monoisotopic (exact) mass is 674 g/mol. The number of ether oxygens (including phenoxy) is 2. The highest BCUT2D eigenvalue weighted by molar-refractivity contribution is 6.20. The molecule has 0 radical (unpaired) electrons. The normalized spacial score (nSPS) is 21.6. The molecule has 0 bridgehead atoms. The van der Waals surface area contributed by atoms with Crippen molar-refractivity contribution in [2.24, 2.45) is 0 Å². The number of alkyl halides is 2. The van der Waals surface area contributed by atoms with Crippen molar-refractivity contribution in [2.75, 3.05) is 6.61 Å². The van der Waals surface area contributed by atoms with Crippen molar-refractivity contribution in [3.8, 4) is 11.5 Å². The smallest absolute Gasteiger partial charge is 0.228 e. The fourth-order valence-electron chi connectivity index (χ4n) is 6.14. The van der Waals surface area contributed by atoms with E-state index in [1.807, 2.05) is 12.1 Å². The zero-order chi connectivity index (χ0) is 32.9. The maximum atomic E-state index is 11.1. The topological polar surface area (TPSA) is 99.4 Å². The minimum atomic E-state index is -1.40. The van der Waals surface area contributed by atoms with Crippen LogP contribution in [0, 0.1) is 0 Å². The Morgan fingerprint density at radius 3 is 1.76 bits per heavy atom. The Labute approximate surface area is 284 Å². The lowest BCUT2D eigenvalue weighted by Gasteiger charge is -2.35. The largest absolute Gasteiger partial charge is 0.508 e. The van der Waals surface area contributed by atoms with E-state index in [0.29, 0.717) is 17.7 Å². The highest BCUT2D eigenvalue weighted by Gasteiger charge is 2.39. The summed E-state index contributed by atoms with van der Waals surface area (Å²) in [5.41, 5.74) is 1.64. The number of hydrogen-bond acceptors (Lipinski definition) is 6. The molecule has 0 amide bonds. The first kappa shape index (κ1) is 40.4. The lowest BCUT2D eigenvalue weighted by Crippen LogP contribution is -2.54. The van der Waals surface area contributed by atoms with Crippen molar-refractivity contribution in [3.05, 3.63) is 23.3 Å². The fourth-order valence-corrected chi connectivity index (χ4v) is 6.76. The second kappa shape index (κ2) is 24.4. The lowest BCUT2D eigenvalue weighted by atomic mass is 9.98. The molecule has 262 valence electrons. The molecule has 6 unspecified atom stereocenters. The molecule has 6 atom stereocenters. The SMILES string of the molecule is CCCCCCCCC(Cl)CCCCCc1cc(O)c(CCCCCC(Cl)CCCCCC)c(OC2OCC(O)C(O)C2O)c1. The first-order chi connectivity index (χ1) is 21.8. The molecule has 0 aromatic heterocycles. The number of aliphatic hydroxyl groups excluding tert-OH is 3. The highest BCUT2D eigenvalue weighted by Crippen LogP contribution is 2.34. The van der Waals surface area contributed by atoms with E-state index in [2.05, 4.69) is 13.8 Å². The molecule has 4 N–H and O–H groups in total. The zero-order valence-electron chi connectivity index (χ0n) is 28.2. The number of halogens is 2. The first-order valence-corrected chi connectivity index (χ1v) is 19.1. The Bertz CT molecular complexity index is 887. The van der Waals surface area contributed by atoms with Gasteiger partial charge in [-0.05, 0) is 69.1 Å². The van der Waals surface area contributed by atoms with Gasteiger partial charge in [0.25, 0.3) is 0 Å². The number of aryl methyl sites for hydroxylation is 1. The second-order valence-corrected chi connectivity index (χ2v) is 14.5. The quantitative estimate of drug-likeness (QED) is 0.0577. The molecule has 1 fully saturated rings. The van der Waals surface area contributed by atoms with Crippen molar-refractivity contribution in [3.63, 3.8) is 0 Å². The van der Waals surface area contributed by atoms with Gasteiger partial charge < -0.3 is 29.9 Å². The maximum absolute atomic E-state index is 11.1. The van der Waals surface area contributed by atoms with Crippen LogP contribution in [0.5, 0.6) is 11.5 Å². The van der Waals surface area contributed by atoms with Gasteiger partial charge in [-0.2, -0.15) is 0 Å². The predicted octanol–water partition coefficient (Wildman–Crippen LogP) is 9.35. The van der Waals surface area contributed by atoms with Gasteiger partial charge in [0.15, 0.2) is 0 Å². The molecule has 1 heterocycles. The van der Waals surface area contributed by atoms with Crippen LogP contribution in [0.25, 0.3) is 0 Å². The standard InChI is InChI=1S/C37H64Cl2O6/c1-3-5-7-9-10-15-21-30(39)22-16-11-13-19-28-25-32(40)31(24-18-12-17-23-29(38)20-14-8-6-4-2)34(26-28)45-37-36(43)35(42)33(41)27-44-37/h25-26,29-30,33,35-37,40-43H,3-24,27H2,1-2H3. The number of unbranched alkanes of at least 4 members (excludes halogenated alkanes) is 12. The Kier molecular flexibility index (Phi) is 21.9. The van der Waals surface area contributed by atoms with Crippen LogP contribution in [0.1, 0.15) is 153 Å². The number of phenolic OH excluding ortho intramolecular Hbond substituents is 1. The number of aliphatic hydroxyl groups is 3. The summed E-state index contributed by atoms with van der Waals surface area (Å²) in [6.45, 7) is 4.32. The lowest BCUT2D eigenvalue weighted by molar-refractivity contribution is -0.242. The number of aromatic hydroxyl groups is 1. The van der Waals surface area contributed by atoms with Crippen molar-refractivity contribution in [2.45, 2.75) is 190 Å². The van der Waals surface area contributed by atoms with Crippen LogP contribution in [-0.4, -0.2) is 62.4 Å². The van der Waals surface area contributed by atoms with Crippen LogP contribution >= 0.6 is 23.2 Å². The first-order valence-electron chi connectivity index (χ1n) is 18.2. The zero-order valence-corrected chi connectivity index (χ0v) is 29.8. The average molecular weight is 676 g/mol. The Morgan fingerprint density at radius 2 is 1.18 bits per heavy atom. The molecular weight excluding hydrogens is 611 g/mol. The van der Waals surface area contributed by atoms with E-state index in [4.69, 9.17) is 32.7 Å². The summed E-state index contributed by atoms with van der Waals surface area (Å²) in [5.74, 6) is 0.642. The predicted molar refractivity (Wildman–Crippen MR) is 187 cm³/mol. The van der Waals surface area contributed by atoms with Crippen molar-refractivity contribution >= 4 is 23.2 Å². The third-order valence-corrected chi connectivity index (χ3v) is 9.98. The van der Waals surface area contributed by atoms with Gasteiger partial charge in [0, 0.05) is 16.3 Å². The van der Waals surface area contributed by atoms with Crippen LogP contribution in [0.2, 0.25) is 0 Å². The summed E-state index contributed by atoms with van der Waals surface area (Å²) in [7, 11) is 0. The van der Waals surface area contributed by atoms with Crippen molar-refractivity contribution in [1.29, 1.82) is 0 Å². The molecular formula is C37H64Cl2O6. The van der Waals surface area contributed by atoms with Crippen molar-refractivity contribution in [1.82, 2.24) is 0 Å². The average Bonchev–Trinajstić information content (AvgIpc) is 3.02. The van der Waals surface area contributed by atoms with Gasteiger partial charge in [-0.1, -0.05) is 104 Å². The van der Waals surface area contributed by atoms with Gasteiger partial charge in [-0.25, -0.2) is 0 Å². The fraction of sp³-hybridized carbons (Fsp3) is 0.838. The second-order valence-electron chi connectivity index (χ2n) is 13.3. The van der Waals surface area contributed by atoms with E-state index in [1.165, 1.54) is 64.2 Å². The van der Waals surface area contributed by atoms with Crippen LogP contribution < -0.4 is 4.74 Å². The van der Waals surface area contributed by atoms with Crippen LogP contribution in [-0.2, 0) is 17.6 Å². The highest BCUT2D eigenvalue weighted by atomic mass is 35.5. The number of benzene rings is 1. The summed E-state index contributed by atoms with van der Waals surface area (Å²) in [5, 5.41) is 42.0. The van der Waals surface area contributed by atoms with Crippen LogP contribution in [0.4, 0.5) is 0 Å². The Morgan fingerprint density at radius 1 is 0.689 bits per heavy atom. The molecule has 0 spiro atoms. The third-order valence-electron chi connectivity index (χ3n) is 9.11. The van der Waals surface area contributed by atoms with E-state index in [0.717, 1.165) is 76.2 Å². The van der Waals surface area contributed by atoms with Crippen LogP contribution in [0.15, 0.2) is 12.1 Å². The molecule has 6 nitrogen and oxygen atoms in total. The van der Waals surface area contributed by atoms with Gasteiger partial charge in [0.2, 0.25) is 6.29 Å². The van der Waals surface area contributed by atoms with Gasteiger partial charge >= 0.3 is 0 Å². The van der Waals surface area contributed by atoms with E-state index >= 15 is 0 Å². The molecule has 45 heavy (non-hydrogen) atoms. The summed E-state index contributed by atoms with van der Waals surface area (Å²) in [6.07, 6.45) is 19.3. The summed E-state index contributed by atoms with van der Waals surface area (Å²) < 4.78 is 11.6. The molecule has 1 saturated heterocycles. The molecule has 8 heteroatoms. The molecule has 0 saturated carbocycles. The van der Waals surface area contributed by atoms with E-state index in [-0.39, 0.29) is 23.1 Å². The number of rotatable bonds is 26. The van der Waals surface area contributed by atoms with E-state index in [9.17, 15) is 20.4 Å². The van der Waals surface area contributed by atoms with E-state index < -0.39 is 24.6 Å². The third kappa shape index (κ3) is 16.8. The Hall–Kier alpha value is -0.760. The van der Waals surface area contributed by atoms with Gasteiger partial charge in [0.1, 0.15) is 29.8 Å². The minimum absolute atomic E-state index is 0.137. The molecule has 0 aliphatic carbocycles. The molecule has 1 aliphatic rings. The summed E-state index contributed by atoms with van der Waals surface area (Å²) >= 11 is 13.1. The van der Waals surface area contributed by atoms with Gasteiger partial charge in [-0.15, -0.1) is 23.2 Å². The van der Waals surface area contributed by atoms with Gasteiger partial charge in [-0.3, -0.25) is 0 Å². The minimum Gasteiger partial charge on any atom is -0.508 e. The van der Waals surface area contributed by atoms with Crippen LogP contribution in [0.3, 0.4) is 0 Å². The molecule has 1 aromatic rings. The Balaban J connectivity index is 1.87. The van der Waals surface area contributed by atoms with Gasteiger partial charge in [0.05, 0.1) is 6.61 Å². The number of hydrogen-bond donors (Lipinski definition) is 4. The summed E-state index contributed by atoms with van der Waals surface area (Å²) in [6, 6.07) is 3.75. The molecule has 1 aliphatic heterocycles.